The first-order valence-corrected chi connectivity index (χ1v) is 12.6. The highest BCUT2D eigenvalue weighted by molar-refractivity contribution is 7.99. The molecule has 34 heavy (non-hydrogen) atoms. The van der Waals surface area contributed by atoms with Crippen molar-refractivity contribution in [2.45, 2.75) is 36.7 Å². The van der Waals surface area contributed by atoms with Crippen LogP contribution in [0.5, 0.6) is 0 Å². The van der Waals surface area contributed by atoms with Gasteiger partial charge in [0.1, 0.15) is 17.2 Å². The maximum absolute atomic E-state index is 5.06. The number of nitrogens with one attached hydrogen (secondary N) is 2. The monoisotopic (exact) mass is 469 g/mol. The highest BCUT2D eigenvalue weighted by Crippen LogP contribution is 2.38. The number of aryl methyl sites for hydroxylation is 2. The van der Waals surface area contributed by atoms with Crippen molar-refractivity contribution in [1.29, 1.82) is 0 Å². The van der Waals surface area contributed by atoms with Crippen molar-refractivity contribution >= 4 is 46.3 Å². The lowest BCUT2D eigenvalue weighted by molar-refractivity contribution is 0.405. The molecule has 0 amide bonds. The normalized spacial score (nSPS) is 15.3. The Morgan fingerprint density at radius 2 is 2.00 bits per heavy atom. The van der Waals surface area contributed by atoms with Gasteiger partial charge in [0.15, 0.2) is 11.0 Å². The summed E-state index contributed by atoms with van der Waals surface area (Å²) in [7, 11) is 0. The first-order valence-electron chi connectivity index (χ1n) is 11.8. The predicted octanol–water partition coefficient (Wildman–Crippen LogP) is 5.18. The first-order chi connectivity index (χ1) is 16.7. The lowest BCUT2D eigenvalue weighted by Gasteiger charge is -2.40. The van der Waals surface area contributed by atoms with Gasteiger partial charge in [-0.1, -0.05) is 37.3 Å². The molecule has 5 heterocycles. The first kappa shape index (κ1) is 21.2. The van der Waals surface area contributed by atoms with Crippen LogP contribution in [0.4, 0.5) is 17.3 Å². The highest BCUT2D eigenvalue weighted by Gasteiger charge is 2.31. The molecule has 0 radical (unpaired) electrons. The van der Waals surface area contributed by atoms with Crippen molar-refractivity contribution in [2.24, 2.45) is 10.9 Å². The number of rotatable bonds is 6. The summed E-state index contributed by atoms with van der Waals surface area (Å²) in [6, 6.07) is 12.8. The fraction of sp³-hybridized carbons (Fsp3) is 0.308. The van der Waals surface area contributed by atoms with Gasteiger partial charge in [0.05, 0.1) is 11.9 Å². The molecule has 1 saturated heterocycles. The van der Waals surface area contributed by atoms with E-state index in [1.54, 1.807) is 0 Å². The zero-order valence-electron chi connectivity index (χ0n) is 19.4. The molecule has 0 spiro atoms. The largest absolute Gasteiger partial charge is 0.363 e. The van der Waals surface area contributed by atoms with Crippen LogP contribution in [0, 0.1) is 12.8 Å². The molecule has 172 valence electrons. The average molecular weight is 470 g/mol. The zero-order valence-corrected chi connectivity index (χ0v) is 20.2. The number of benzene rings is 1. The summed E-state index contributed by atoms with van der Waals surface area (Å²) in [6.07, 6.45) is 5.78. The van der Waals surface area contributed by atoms with Crippen LogP contribution in [0.15, 0.2) is 57.6 Å². The van der Waals surface area contributed by atoms with E-state index in [1.165, 1.54) is 28.6 Å². The molecule has 7 nitrogen and oxygen atoms in total. The molecule has 4 aromatic rings. The third-order valence-corrected chi connectivity index (χ3v) is 7.41. The summed E-state index contributed by atoms with van der Waals surface area (Å²) in [5.74, 6) is 2.50. The SMILES string of the molecule is CCc1[nH]c2nc(Sc3cnc4c(c3)N=CCN4)nc(N3CC(Cc4ccccc4)C3)c2c1C. The topological polar surface area (TPSA) is 82.1 Å². The minimum Gasteiger partial charge on any atom is -0.363 e. The summed E-state index contributed by atoms with van der Waals surface area (Å²) >= 11 is 1.53. The summed E-state index contributed by atoms with van der Waals surface area (Å²) in [5, 5.41) is 5.12. The van der Waals surface area contributed by atoms with Gasteiger partial charge in [-0.25, -0.2) is 15.0 Å². The third kappa shape index (κ3) is 3.92. The molecule has 3 aromatic heterocycles. The van der Waals surface area contributed by atoms with Crippen LogP contribution in [-0.2, 0) is 12.8 Å². The van der Waals surface area contributed by atoms with Crippen molar-refractivity contribution in [2.75, 3.05) is 29.9 Å². The van der Waals surface area contributed by atoms with Crippen LogP contribution in [0.25, 0.3) is 11.0 Å². The molecular weight excluding hydrogens is 442 g/mol. The van der Waals surface area contributed by atoms with Gasteiger partial charge in [-0.05, 0) is 54.6 Å². The summed E-state index contributed by atoms with van der Waals surface area (Å²) < 4.78 is 0. The van der Waals surface area contributed by atoms with Crippen LogP contribution >= 0.6 is 11.8 Å². The van der Waals surface area contributed by atoms with Gasteiger partial charge >= 0.3 is 0 Å². The Hall–Kier alpha value is -3.39. The number of nitrogens with zero attached hydrogens (tertiary/aromatic N) is 5. The fourth-order valence-electron chi connectivity index (χ4n) is 4.82. The Morgan fingerprint density at radius 1 is 1.15 bits per heavy atom. The summed E-state index contributed by atoms with van der Waals surface area (Å²) in [4.78, 5) is 25.9. The lowest BCUT2D eigenvalue weighted by Crippen LogP contribution is -2.48. The highest BCUT2D eigenvalue weighted by atomic mass is 32.2. The second kappa shape index (κ2) is 8.76. The number of aromatic amines is 1. The molecule has 0 saturated carbocycles. The van der Waals surface area contributed by atoms with E-state index in [9.17, 15) is 0 Å². The average Bonchev–Trinajstić information content (AvgIpc) is 3.17. The quantitative estimate of drug-likeness (QED) is 0.379. The number of pyridine rings is 1. The Labute approximate surface area is 203 Å². The van der Waals surface area contributed by atoms with Gasteiger partial charge in [-0.15, -0.1) is 0 Å². The minimum atomic E-state index is 0.642. The molecule has 0 unspecified atom stereocenters. The number of H-pyrrole nitrogens is 1. The molecule has 8 heteroatoms. The Morgan fingerprint density at radius 3 is 2.82 bits per heavy atom. The maximum atomic E-state index is 5.06. The zero-order chi connectivity index (χ0) is 23.1. The number of hydrogen-bond acceptors (Lipinski definition) is 7. The van der Waals surface area contributed by atoms with Gasteiger partial charge in [-0.3, -0.25) is 4.99 Å². The van der Waals surface area contributed by atoms with E-state index in [2.05, 4.69) is 69.4 Å². The van der Waals surface area contributed by atoms with Crippen LogP contribution < -0.4 is 10.2 Å². The molecule has 2 aliphatic heterocycles. The summed E-state index contributed by atoms with van der Waals surface area (Å²) in [6.45, 7) is 7.09. The van der Waals surface area contributed by atoms with Crippen LogP contribution in [-0.4, -0.2) is 45.8 Å². The van der Waals surface area contributed by atoms with E-state index in [0.717, 1.165) is 64.3 Å². The van der Waals surface area contributed by atoms with E-state index in [1.807, 2.05) is 18.5 Å². The molecule has 0 aliphatic carbocycles. The maximum Gasteiger partial charge on any atom is 0.196 e. The van der Waals surface area contributed by atoms with Crippen LogP contribution in [0.1, 0.15) is 23.7 Å². The molecule has 6 rings (SSSR count). The summed E-state index contributed by atoms with van der Waals surface area (Å²) in [5.41, 5.74) is 5.66. The molecule has 1 fully saturated rings. The van der Waals surface area contributed by atoms with Crippen LogP contribution in [0.3, 0.4) is 0 Å². The second-order valence-electron chi connectivity index (χ2n) is 8.93. The number of aromatic nitrogens is 4. The molecular formula is C26H27N7S. The second-order valence-corrected chi connectivity index (χ2v) is 9.97. The standard InChI is InChI=1S/C26H27N7S/c1-3-20-16(2)22-24(30-20)31-26(34-19-12-21-23(29-13-19)28-10-9-27-21)32-25(22)33-14-18(15-33)11-17-7-5-4-6-8-17/h4-9,12-13,18H,3,10-11,14-15H2,1-2H3,(H,28,29)(H,30,31,32). The van der Waals surface area contributed by atoms with Gasteiger partial charge in [0, 0.05) is 36.1 Å². The third-order valence-electron chi connectivity index (χ3n) is 6.59. The van der Waals surface area contributed by atoms with Gasteiger partial charge in [0.2, 0.25) is 0 Å². The Bertz CT molecular complexity index is 1370. The van der Waals surface area contributed by atoms with Gasteiger partial charge in [0.25, 0.3) is 0 Å². The van der Waals surface area contributed by atoms with E-state index in [0.29, 0.717) is 12.5 Å². The van der Waals surface area contributed by atoms with Gasteiger partial charge in [-0.2, -0.15) is 0 Å². The number of aliphatic imine (C=N–C) groups is 1. The van der Waals surface area contributed by atoms with Crippen molar-refractivity contribution < 1.29 is 0 Å². The Kier molecular flexibility index (Phi) is 5.45. The Balaban J connectivity index is 1.30. The van der Waals surface area contributed by atoms with E-state index in [4.69, 9.17) is 9.97 Å². The van der Waals surface area contributed by atoms with Crippen molar-refractivity contribution in [3.05, 3.63) is 59.4 Å². The lowest BCUT2D eigenvalue weighted by atomic mass is 9.92. The number of anilines is 2. The smallest absolute Gasteiger partial charge is 0.196 e. The van der Waals surface area contributed by atoms with Gasteiger partial charge < -0.3 is 15.2 Å². The van der Waals surface area contributed by atoms with Crippen molar-refractivity contribution in [1.82, 2.24) is 19.9 Å². The van der Waals surface area contributed by atoms with E-state index >= 15 is 0 Å². The van der Waals surface area contributed by atoms with E-state index < -0.39 is 0 Å². The van der Waals surface area contributed by atoms with Crippen molar-refractivity contribution in [3.63, 3.8) is 0 Å². The predicted molar refractivity (Wildman–Crippen MR) is 139 cm³/mol. The number of fused-ring (bicyclic) bond motifs is 2. The van der Waals surface area contributed by atoms with Crippen LogP contribution in [0.2, 0.25) is 0 Å². The van der Waals surface area contributed by atoms with E-state index in [-0.39, 0.29) is 0 Å². The fourth-order valence-corrected chi connectivity index (χ4v) is 5.57. The minimum absolute atomic E-state index is 0.642. The number of hydrogen-bond donors (Lipinski definition) is 2. The molecule has 0 bridgehead atoms. The molecule has 1 aromatic carbocycles. The molecule has 0 atom stereocenters. The van der Waals surface area contributed by atoms with Crippen molar-refractivity contribution in [3.8, 4) is 0 Å². The molecule has 2 N–H and O–H groups in total. The molecule has 2 aliphatic rings.